The maximum Gasteiger partial charge on any atom is 0.262 e. The van der Waals surface area contributed by atoms with Gasteiger partial charge in [-0.05, 0) is 57.8 Å². The first-order valence-electron chi connectivity index (χ1n) is 10.3. The van der Waals surface area contributed by atoms with Crippen LogP contribution in [0.2, 0.25) is 0 Å². The predicted molar refractivity (Wildman–Crippen MR) is 135 cm³/mol. The average molecular weight is 457 g/mol. The van der Waals surface area contributed by atoms with Crippen LogP contribution in [0.4, 0.5) is 0 Å². The van der Waals surface area contributed by atoms with Gasteiger partial charge in [0.25, 0.3) is 5.91 Å². The highest BCUT2D eigenvalue weighted by Gasteiger charge is 2.19. The fourth-order valence-corrected chi connectivity index (χ4v) is 3.75. The molecule has 0 spiro atoms. The molecule has 1 aliphatic carbocycles. The number of methoxy groups -OCH3 is 1. The van der Waals surface area contributed by atoms with E-state index in [4.69, 9.17) is 17.0 Å². The lowest BCUT2D eigenvalue weighted by atomic mass is 9.86. The van der Waals surface area contributed by atoms with Gasteiger partial charge in [-0.15, -0.1) is 0 Å². The molecule has 5 nitrogen and oxygen atoms in total. The van der Waals surface area contributed by atoms with Crippen molar-refractivity contribution in [3.8, 4) is 17.6 Å². The Labute approximate surface area is 199 Å². The highest BCUT2D eigenvalue weighted by atomic mass is 32.1. The van der Waals surface area contributed by atoms with Gasteiger partial charge in [-0.1, -0.05) is 61.3 Å². The number of thiocarbonyl (C=S) groups is 1. The van der Waals surface area contributed by atoms with Crippen LogP contribution >= 0.6 is 12.2 Å². The van der Waals surface area contributed by atoms with Crippen molar-refractivity contribution in [2.45, 2.75) is 19.4 Å². The first-order valence-corrected chi connectivity index (χ1v) is 10.8. The number of phenols is 1. The fraction of sp³-hybridized carbons (Fsp3) is 0.148. The second-order valence-electron chi connectivity index (χ2n) is 7.43. The van der Waals surface area contributed by atoms with Crippen molar-refractivity contribution in [1.82, 2.24) is 5.32 Å². The van der Waals surface area contributed by atoms with E-state index in [1.807, 2.05) is 48.6 Å². The number of rotatable bonds is 8. The Bertz CT molecular complexity index is 1220. The van der Waals surface area contributed by atoms with Crippen LogP contribution in [0.5, 0.6) is 11.5 Å². The fourth-order valence-electron chi connectivity index (χ4n) is 3.59. The number of hydrogen-bond donors (Lipinski definition) is 2. The van der Waals surface area contributed by atoms with Crippen molar-refractivity contribution in [1.29, 1.82) is 5.26 Å². The zero-order valence-corrected chi connectivity index (χ0v) is 19.1. The number of allylic oxidation sites excluding steroid dienone is 5. The number of benzene rings is 2. The summed E-state index contributed by atoms with van der Waals surface area (Å²) in [6, 6.07) is 14.7. The van der Waals surface area contributed by atoms with Crippen molar-refractivity contribution in [3.63, 3.8) is 0 Å². The molecule has 6 heteroatoms. The molecule has 0 bridgehead atoms. The van der Waals surface area contributed by atoms with Crippen molar-refractivity contribution >= 4 is 35.1 Å². The Morgan fingerprint density at radius 1 is 1.33 bits per heavy atom. The van der Waals surface area contributed by atoms with E-state index in [0.29, 0.717) is 30.5 Å². The molecule has 2 aromatic carbocycles. The van der Waals surface area contributed by atoms with E-state index in [1.54, 1.807) is 17.5 Å². The molecule has 0 aliphatic heterocycles. The molecule has 0 fully saturated rings. The molecule has 166 valence electrons. The Kier molecular flexibility index (Phi) is 7.96. The number of ether oxygens (including phenoxy) is 1. The van der Waals surface area contributed by atoms with Gasteiger partial charge in [-0.3, -0.25) is 4.79 Å². The summed E-state index contributed by atoms with van der Waals surface area (Å²) in [6.45, 7) is 4.43. The molecule has 0 unspecified atom stereocenters. The van der Waals surface area contributed by atoms with Crippen LogP contribution in [0.15, 0.2) is 77.9 Å². The number of nitriles is 1. The third-order valence-corrected chi connectivity index (χ3v) is 5.43. The van der Waals surface area contributed by atoms with Crippen LogP contribution in [-0.4, -0.2) is 23.5 Å². The van der Waals surface area contributed by atoms with Gasteiger partial charge in [0, 0.05) is 18.5 Å². The van der Waals surface area contributed by atoms with Crippen molar-refractivity contribution in [2.24, 2.45) is 0 Å². The Balaban J connectivity index is 2.00. The van der Waals surface area contributed by atoms with E-state index in [-0.39, 0.29) is 17.1 Å². The van der Waals surface area contributed by atoms with E-state index < -0.39 is 5.91 Å². The number of carbonyl (C=O) groups excluding carboxylic acids is 1. The summed E-state index contributed by atoms with van der Waals surface area (Å²) in [5.74, 6) is -0.279. The monoisotopic (exact) mass is 456 g/mol. The lowest BCUT2D eigenvalue weighted by Crippen LogP contribution is -2.23. The molecule has 0 aromatic heterocycles. The SMILES string of the molecule is C=C1CC=CC(c2cc(C=C(C#N)C(=O)NCc3ccccc3)cc(OC)c2O)=C1CC=S. The summed E-state index contributed by atoms with van der Waals surface area (Å²) in [6.07, 6.45) is 6.60. The number of phenolic OH excluding ortho intramolecular Hbond substituents is 1. The maximum atomic E-state index is 12.6. The lowest BCUT2D eigenvalue weighted by molar-refractivity contribution is -0.117. The standard InChI is InChI=1S/C27H24N2O3S/c1-18-7-6-10-23(22(18)11-12-33)24-14-20(15-25(32-2)26(24)30)13-21(16-28)27(31)29-17-19-8-4-3-5-9-19/h3-6,8-10,12-15,30H,1,7,11,17H2,2H3,(H,29,31). The first kappa shape index (κ1) is 23.7. The highest BCUT2D eigenvalue weighted by molar-refractivity contribution is 7.79. The van der Waals surface area contributed by atoms with Gasteiger partial charge in [0.05, 0.1) is 7.11 Å². The Morgan fingerprint density at radius 2 is 2.09 bits per heavy atom. The van der Waals surface area contributed by atoms with Gasteiger partial charge in [0.2, 0.25) is 0 Å². The second-order valence-corrected chi connectivity index (χ2v) is 7.76. The van der Waals surface area contributed by atoms with Crippen LogP contribution in [0.3, 0.4) is 0 Å². The average Bonchev–Trinajstić information content (AvgIpc) is 2.84. The van der Waals surface area contributed by atoms with Gasteiger partial charge < -0.3 is 15.2 Å². The lowest BCUT2D eigenvalue weighted by Gasteiger charge is -2.20. The number of amides is 1. The van der Waals surface area contributed by atoms with Crippen LogP contribution in [-0.2, 0) is 11.3 Å². The topological polar surface area (TPSA) is 82.4 Å². The first-order chi connectivity index (χ1) is 16.0. The van der Waals surface area contributed by atoms with Crippen molar-refractivity contribution in [2.75, 3.05) is 7.11 Å². The number of nitrogens with one attached hydrogen (secondary N) is 1. The van der Waals surface area contributed by atoms with E-state index in [1.165, 1.54) is 13.2 Å². The molecule has 2 N–H and O–H groups in total. The molecule has 3 rings (SSSR count). The van der Waals surface area contributed by atoms with E-state index in [2.05, 4.69) is 11.9 Å². The third kappa shape index (κ3) is 5.65. The maximum absolute atomic E-state index is 12.6. The summed E-state index contributed by atoms with van der Waals surface area (Å²) < 4.78 is 5.36. The Hall–Kier alpha value is -3.95. The van der Waals surface area contributed by atoms with Crippen LogP contribution in [0, 0.1) is 11.3 Å². The Morgan fingerprint density at radius 3 is 2.76 bits per heavy atom. The zero-order valence-electron chi connectivity index (χ0n) is 18.3. The summed E-state index contributed by atoms with van der Waals surface area (Å²) in [5, 5.41) is 24.8. The van der Waals surface area contributed by atoms with Crippen LogP contribution < -0.4 is 10.1 Å². The van der Waals surface area contributed by atoms with E-state index >= 15 is 0 Å². The molecule has 0 radical (unpaired) electrons. The van der Waals surface area contributed by atoms with Gasteiger partial charge in [-0.25, -0.2) is 0 Å². The second kappa shape index (κ2) is 11.1. The quantitative estimate of drug-likeness (QED) is 0.321. The molecular formula is C27H24N2O3S. The normalized spacial score (nSPS) is 13.5. The van der Waals surface area contributed by atoms with Crippen LogP contribution in [0.1, 0.15) is 29.5 Å². The largest absolute Gasteiger partial charge is 0.504 e. The van der Waals surface area contributed by atoms with Gasteiger partial charge >= 0.3 is 0 Å². The van der Waals surface area contributed by atoms with Gasteiger partial charge in [-0.2, -0.15) is 5.26 Å². The van der Waals surface area contributed by atoms with Gasteiger partial charge in [0.1, 0.15) is 11.6 Å². The summed E-state index contributed by atoms with van der Waals surface area (Å²) in [5.41, 5.74) is 4.58. The van der Waals surface area contributed by atoms with E-state index in [0.717, 1.165) is 22.3 Å². The van der Waals surface area contributed by atoms with Crippen molar-refractivity contribution in [3.05, 3.63) is 94.6 Å². The molecule has 0 heterocycles. The minimum Gasteiger partial charge on any atom is -0.504 e. The molecule has 2 aromatic rings. The number of hydrogen-bond acceptors (Lipinski definition) is 5. The summed E-state index contributed by atoms with van der Waals surface area (Å²) >= 11 is 5.06. The van der Waals surface area contributed by atoms with E-state index in [9.17, 15) is 15.2 Å². The molecule has 0 saturated carbocycles. The molecule has 1 amide bonds. The number of carbonyl (C=O) groups is 1. The molecule has 33 heavy (non-hydrogen) atoms. The zero-order chi connectivity index (χ0) is 23.8. The third-order valence-electron chi connectivity index (χ3n) is 5.27. The minimum atomic E-state index is -0.485. The molecule has 0 atom stereocenters. The van der Waals surface area contributed by atoms with Crippen molar-refractivity contribution < 1.29 is 14.6 Å². The molecular weight excluding hydrogens is 432 g/mol. The summed E-state index contributed by atoms with van der Waals surface area (Å²) in [4.78, 5) is 12.6. The minimum absolute atomic E-state index is 0.0297. The smallest absolute Gasteiger partial charge is 0.262 e. The van der Waals surface area contributed by atoms with Crippen LogP contribution in [0.25, 0.3) is 11.6 Å². The number of nitrogens with zero attached hydrogens (tertiary/aromatic N) is 1. The highest BCUT2D eigenvalue weighted by Crippen LogP contribution is 2.41. The number of aromatic hydroxyl groups is 1. The predicted octanol–water partition coefficient (Wildman–Crippen LogP) is 5.28. The molecule has 0 saturated heterocycles. The molecule has 1 aliphatic rings. The summed E-state index contributed by atoms with van der Waals surface area (Å²) in [7, 11) is 1.45. The van der Waals surface area contributed by atoms with Gasteiger partial charge in [0.15, 0.2) is 11.5 Å².